The fraction of sp³-hybridized carbons (Fsp3) is 0.0588. The fourth-order valence-electron chi connectivity index (χ4n) is 5.04. The van der Waals surface area contributed by atoms with E-state index in [2.05, 4.69) is 156 Å². The standard InChI is InChI=1S/C34H28N2/c1-2-35-33-16-10-9-15-31(33)32-25-27(21-24-34(32)35)18-17-26-19-22-30(23-20-26)36(28-11-5-3-6-12-28)29-13-7-4-8-14-29/h3-25H,2H2,1H3/b18-17+. The van der Waals surface area contributed by atoms with E-state index < -0.39 is 0 Å². The van der Waals surface area contributed by atoms with E-state index in [9.17, 15) is 0 Å². The molecule has 0 saturated heterocycles. The molecule has 0 spiro atoms. The second-order valence-electron chi connectivity index (χ2n) is 8.97. The fourth-order valence-corrected chi connectivity index (χ4v) is 5.04. The van der Waals surface area contributed by atoms with Crippen molar-refractivity contribution in [2.75, 3.05) is 4.90 Å². The third kappa shape index (κ3) is 4.08. The zero-order valence-electron chi connectivity index (χ0n) is 20.4. The maximum atomic E-state index is 2.39. The van der Waals surface area contributed by atoms with Crippen molar-refractivity contribution in [3.05, 3.63) is 139 Å². The quantitative estimate of drug-likeness (QED) is 0.223. The van der Waals surface area contributed by atoms with Gasteiger partial charge in [0.2, 0.25) is 0 Å². The van der Waals surface area contributed by atoms with Crippen LogP contribution in [0.5, 0.6) is 0 Å². The molecule has 36 heavy (non-hydrogen) atoms. The Morgan fingerprint density at radius 2 is 1.06 bits per heavy atom. The van der Waals surface area contributed by atoms with Crippen molar-refractivity contribution in [3.63, 3.8) is 0 Å². The van der Waals surface area contributed by atoms with Crippen LogP contribution in [0.1, 0.15) is 18.1 Å². The minimum atomic E-state index is 0.967. The van der Waals surface area contributed by atoms with Gasteiger partial charge in [-0.05, 0) is 72.6 Å². The smallest absolute Gasteiger partial charge is 0.0491 e. The summed E-state index contributed by atoms with van der Waals surface area (Å²) in [5, 5.41) is 2.63. The molecule has 0 atom stereocenters. The number of rotatable bonds is 6. The first-order valence-electron chi connectivity index (χ1n) is 12.5. The normalized spacial score (nSPS) is 11.5. The SMILES string of the molecule is CCn1c2ccccc2c2cc(/C=C/c3ccc(N(c4ccccc4)c4ccccc4)cc3)ccc21. The first kappa shape index (κ1) is 21.9. The molecule has 174 valence electrons. The number of aromatic nitrogens is 1. The van der Waals surface area contributed by atoms with Gasteiger partial charge in [-0.15, -0.1) is 0 Å². The van der Waals surface area contributed by atoms with E-state index in [0.29, 0.717) is 0 Å². The highest BCUT2D eigenvalue weighted by Gasteiger charge is 2.11. The van der Waals surface area contributed by atoms with Crippen molar-refractivity contribution in [2.45, 2.75) is 13.5 Å². The molecule has 0 radical (unpaired) electrons. The van der Waals surface area contributed by atoms with Crippen LogP contribution >= 0.6 is 0 Å². The third-order valence-electron chi connectivity index (χ3n) is 6.76. The average Bonchev–Trinajstić information content (AvgIpc) is 3.27. The Morgan fingerprint density at radius 1 is 0.528 bits per heavy atom. The Hall–Kier alpha value is -4.56. The van der Waals surface area contributed by atoms with Gasteiger partial charge >= 0.3 is 0 Å². The molecule has 2 nitrogen and oxygen atoms in total. The summed E-state index contributed by atoms with van der Waals surface area (Å²) >= 11 is 0. The predicted octanol–water partition coefficient (Wildman–Crippen LogP) is 9.45. The van der Waals surface area contributed by atoms with E-state index in [1.54, 1.807) is 0 Å². The van der Waals surface area contributed by atoms with Crippen LogP contribution in [0.4, 0.5) is 17.1 Å². The van der Waals surface area contributed by atoms with Gasteiger partial charge in [0, 0.05) is 45.4 Å². The molecule has 0 bridgehead atoms. The Kier molecular flexibility index (Phi) is 5.85. The maximum Gasteiger partial charge on any atom is 0.0491 e. The molecule has 1 heterocycles. The lowest BCUT2D eigenvalue weighted by Gasteiger charge is -2.25. The molecule has 1 aromatic heterocycles. The van der Waals surface area contributed by atoms with Crippen LogP contribution in [-0.2, 0) is 6.54 Å². The summed E-state index contributed by atoms with van der Waals surface area (Å²) in [7, 11) is 0. The third-order valence-corrected chi connectivity index (χ3v) is 6.76. The van der Waals surface area contributed by atoms with E-state index in [0.717, 1.165) is 23.6 Å². The second kappa shape index (κ2) is 9.59. The van der Waals surface area contributed by atoms with Gasteiger partial charge in [-0.1, -0.05) is 84.9 Å². The molecule has 6 rings (SSSR count). The van der Waals surface area contributed by atoms with Crippen LogP contribution in [-0.4, -0.2) is 4.57 Å². The lowest BCUT2D eigenvalue weighted by atomic mass is 10.1. The summed E-state index contributed by atoms with van der Waals surface area (Å²) in [6.07, 6.45) is 4.40. The van der Waals surface area contributed by atoms with E-state index in [1.807, 2.05) is 0 Å². The molecule has 2 heteroatoms. The number of hydrogen-bond donors (Lipinski definition) is 0. The van der Waals surface area contributed by atoms with Crippen molar-refractivity contribution >= 4 is 51.0 Å². The number of aryl methyl sites for hydroxylation is 1. The molecular weight excluding hydrogens is 436 g/mol. The monoisotopic (exact) mass is 464 g/mol. The number of benzene rings is 5. The van der Waals surface area contributed by atoms with Crippen molar-refractivity contribution in [1.82, 2.24) is 4.57 Å². The highest BCUT2D eigenvalue weighted by molar-refractivity contribution is 6.08. The topological polar surface area (TPSA) is 8.17 Å². The zero-order chi connectivity index (χ0) is 24.3. The summed E-state index contributed by atoms with van der Waals surface area (Å²) in [5.74, 6) is 0. The minimum absolute atomic E-state index is 0.967. The molecule has 0 saturated carbocycles. The van der Waals surface area contributed by atoms with Crippen LogP contribution < -0.4 is 4.90 Å². The number of hydrogen-bond acceptors (Lipinski definition) is 1. The van der Waals surface area contributed by atoms with E-state index >= 15 is 0 Å². The molecule has 0 amide bonds. The van der Waals surface area contributed by atoms with E-state index in [1.165, 1.54) is 32.9 Å². The van der Waals surface area contributed by atoms with Gasteiger partial charge in [-0.2, -0.15) is 0 Å². The molecule has 5 aromatic carbocycles. The second-order valence-corrected chi connectivity index (χ2v) is 8.97. The summed E-state index contributed by atoms with van der Waals surface area (Å²) < 4.78 is 2.39. The Bertz CT molecular complexity index is 1600. The predicted molar refractivity (Wildman–Crippen MR) is 155 cm³/mol. The van der Waals surface area contributed by atoms with Crippen LogP contribution in [0, 0.1) is 0 Å². The molecule has 0 aliphatic carbocycles. The molecule has 6 aromatic rings. The summed E-state index contributed by atoms with van der Waals surface area (Å²) in [6.45, 7) is 3.18. The summed E-state index contributed by atoms with van der Waals surface area (Å²) in [6, 6.07) is 45.2. The first-order valence-corrected chi connectivity index (χ1v) is 12.5. The maximum absolute atomic E-state index is 2.39. The van der Waals surface area contributed by atoms with Crippen molar-refractivity contribution in [2.24, 2.45) is 0 Å². The van der Waals surface area contributed by atoms with Gasteiger partial charge in [0.15, 0.2) is 0 Å². The highest BCUT2D eigenvalue weighted by Crippen LogP contribution is 2.34. The van der Waals surface area contributed by atoms with Crippen LogP contribution in [0.15, 0.2) is 127 Å². The van der Waals surface area contributed by atoms with Gasteiger partial charge < -0.3 is 9.47 Å². The molecule has 0 N–H and O–H groups in total. The lowest BCUT2D eigenvalue weighted by Crippen LogP contribution is -2.09. The van der Waals surface area contributed by atoms with Crippen LogP contribution in [0.2, 0.25) is 0 Å². The summed E-state index contributed by atoms with van der Waals surface area (Å²) in [4.78, 5) is 2.28. The lowest BCUT2D eigenvalue weighted by molar-refractivity contribution is 0.827. The first-order chi connectivity index (χ1) is 17.8. The number of anilines is 3. The Balaban J connectivity index is 1.31. The van der Waals surface area contributed by atoms with Crippen LogP contribution in [0.25, 0.3) is 34.0 Å². The summed E-state index contributed by atoms with van der Waals surface area (Å²) in [5.41, 5.74) is 8.41. The molecule has 0 aliphatic rings. The number of fused-ring (bicyclic) bond motifs is 3. The molecule has 0 unspecified atom stereocenters. The van der Waals surface area contributed by atoms with E-state index in [-0.39, 0.29) is 0 Å². The van der Waals surface area contributed by atoms with Crippen LogP contribution in [0.3, 0.4) is 0 Å². The van der Waals surface area contributed by atoms with Gasteiger partial charge in [0.05, 0.1) is 0 Å². The minimum Gasteiger partial charge on any atom is -0.341 e. The highest BCUT2D eigenvalue weighted by atomic mass is 15.1. The van der Waals surface area contributed by atoms with Crippen molar-refractivity contribution in [1.29, 1.82) is 0 Å². The van der Waals surface area contributed by atoms with Crippen molar-refractivity contribution in [3.8, 4) is 0 Å². The van der Waals surface area contributed by atoms with Gasteiger partial charge in [-0.3, -0.25) is 0 Å². The zero-order valence-corrected chi connectivity index (χ0v) is 20.4. The largest absolute Gasteiger partial charge is 0.341 e. The van der Waals surface area contributed by atoms with Gasteiger partial charge in [0.25, 0.3) is 0 Å². The van der Waals surface area contributed by atoms with Gasteiger partial charge in [0.1, 0.15) is 0 Å². The number of nitrogens with zero attached hydrogens (tertiary/aromatic N) is 2. The molecular formula is C34H28N2. The van der Waals surface area contributed by atoms with E-state index in [4.69, 9.17) is 0 Å². The number of para-hydroxylation sites is 3. The Morgan fingerprint density at radius 3 is 1.72 bits per heavy atom. The average molecular weight is 465 g/mol. The Labute approximate surface area is 212 Å². The molecule has 0 fully saturated rings. The van der Waals surface area contributed by atoms with Gasteiger partial charge in [-0.25, -0.2) is 0 Å². The van der Waals surface area contributed by atoms with Crippen molar-refractivity contribution < 1.29 is 0 Å². The molecule has 0 aliphatic heterocycles.